The van der Waals surface area contributed by atoms with Crippen LogP contribution in [0.15, 0.2) is 28.7 Å². The van der Waals surface area contributed by atoms with Crippen LogP contribution in [0.25, 0.3) is 0 Å². The number of sulfonamides is 2. The summed E-state index contributed by atoms with van der Waals surface area (Å²) in [6, 6.07) is 4.21. The summed E-state index contributed by atoms with van der Waals surface area (Å²) >= 11 is 0. The van der Waals surface area contributed by atoms with Gasteiger partial charge in [0.15, 0.2) is 5.84 Å². The molecule has 0 saturated carbocycles. The van der Waals surface area contributed by atoms with E-state index in [4.69, 9.17) is 0 Å². The van der Waals surface area contributed by atoms with E-state index in [0.717, 1.165) is 12.1 Å². The lowest BCUT2D eigenvalue weighted by Gasteiger charge is -2.13. The van der Waals surface area contributed by atoms with E-state index in [1.165, 1.54) is 19.1 Å². The molecular weight excluding hydrogens is 390 g/mol. The van der Waals surface area contributed by atoms with Gasteiger partial charge in [-0.2, -0.15) is 43.2 Å². The number of aryl methyl sites for hydroxylation is 1. The lowest BCUT2D eigenvalue weighted by molar-refractivity contribution is -0.0443. The summed E-state index contributed by atoms with van der Waals surface area (Å²) in [6.45, 7) is 1.52. The molecule has 1 aromatic carbocycles. The van der Waals surface area contributed by atoms with Gasteiger partial charge in [0.25, 0.3) is 0 Å². The molecule has 0 heterocycles. The molecule has 24 heavy (non-hydrogen) atoms. The monoisotopic (exact) mass is 398 g/mol. The van der Waals surface area contributed by atoms with Crippen molar-refractivity contribution in [2.45, 2.75) is 17.9 Å². The third-order valence-corrected chi connectivity index (χ3v) is 4.44. The molecule has 136 valence electrons. The third-order valence-electron chi connectivity index (χ3n) is 2.36. The van der Waals surface area contributed by atoms with Crippen LogP contribution in [0, 0.1) is 6.92 Å². The zero-order valence-corrected chi connectivity index (χ0v) is 13.1. The summed E-state index contributed by atoms with van der Waals surface area (Å²) in [6.07, 6.45) is 0. The first kappa shape index (κ1) is 20.2. The van der Waals surface area contributed by atoms with E-state index in [0.29, 0.717) is 10.3 Å². The Balaban J connectivity index is 3.53. The number of halogens is 6. The third kappa shape index (κ3) is 4.59. The average molecular weight is 398 g/mol. The molecule has 0 aliphatic carbocycles. The van der Waals surface area contributed by atoms with E-state index >= 15 is 0 Å². The van der Waals surface area contributed by atoms with Crippen LogP contribution < -0.4 is 4.72 Å². The number of alkyl halides is 6. The minimum Gasteiger partial charge on any atom is -0.259 e. The van der Waals surface area contributed by atoms with Crippen LogP contribution in [0.3, 0.4) is 0 Å². The van der Waals surface area contributed by atoms with Crippen LogP contribution >= 0.6 is 0 Å². The van der Waals surface area contributed by atoms with E-state index < -0.39 is 42.5 Å². The molecule has 0 aromatic heterocycles. The zero-order valence-electron chi connectivity index (χ0n) is 11.5. The Bertz CT molecular complexity index is 839. The average Bonchev–Trinajstić information content (AvgIpc) is 2.35. The SMILES string of the molecule is Cc1ccc(/C(=N/S(=O)(=O)C(F)(F)F)NS(=O)(=O)C(F)(F)F)cc1. The van der Waals surface area contributed by atoms with Gasteiger partial charge >= 0.3 is 31.1 Å². The second-order valence-corrected chi connectivity index (χ2v) is 7.55. The largest absolute Gasteiger partial charge is 0.518 e. The van der Waals surface area contributed by atoms with Crippen molar-refractivity contribution in [2.24, 2.45) is 4.40 Å². The fourth-order valence-corrected chi connectivity index (χ4v) is 2.29. The predicted molar refractivity (Wildman–Crippen MR) is 70.8 cm³/mol. The van der Waals surface area contributed by atoms with Crippen molar-refractivity contribution in [3.05, 3.63) is 35.4 Å². The second-order valence-electron chi connectivity index (χ2n) is 4.28. The first-order valence-corrected chi connectivity index (χ1v) is 8.56. The molecule has 0 amide bonds. The molecular formula is C10H8F6N2O4S2. The number of hydrogen-bond donors (Lipinski definition) is 1. The highest BCUT2D eigenvalue weighted by atomic mass is 32.2. The summed E-state index contributed by atoms with van der Waals surface area (Å²) < 4.78 is 121. The van der Waals surface area contributed by atoms with Crippen LogP contribution in [0.5, 0.6) is 0 Å². The molecule has 0 atom stereocenters. The summed E-state index contributed by atoms with van der Waals surface area (Å²) in [4.78, 5) is 0. The molecule has 0 radical (unpaired) electrons. The van der Waals surface area contributed by atoms with Gasteiger partial charge < -0.3 is 0 Å². The van der Waals surface area contributed by atoms with Crippen LogP contribution in [0.2, 0.25) is 0 Å². The van der Waals surface area contributed by atoms with Crippen LogP contribution in [-0.2, 0) is 20.0 Å². The van der Waals surface area contributed by atoms with Crippen molar-refractivity contribution in [1.82, 2.24) is 4.72 Å². The van der Waals surface area contributed by atoms with E-state index in [1.54, 1.807) is 0 Å². The van der Waals surface area contributed by atoms with E-state index in [2.05, 4.69) is 4.40 Å². The molecule has 1 N–H and O–H groups in total. The molecule has 0 aliphatic rings. The highest BCUT2D eigenvalue weighted by Gasteiger charge is 2.49. The second kappa shape index (κ2) is 6.23. The standard InChI is InChI=1S/C10H8F6N2O4S2/c1-6-2-4-7(5-3-6)8(17-23(19,20)9(11,12)13)18-24(21,22)10(14,15)16/h2-5H,1H3,(H,17,18). The lowest BCUT2D eigenvalue weighted by Crippen LogP contribution is -2.41. The number of amidine groups is 1. The molecule has 0 saturated heterocycles. The van der Waals surface area contributed by atoms with Crippen molar-refractivity contribution < 1.29 is 43.2 Å². The molecule has 0 unspecified atom stereocenters. The topological polar surface area (TPSA) is 92.7 Å². The van der Waals surface area contributed by atoms with Crippen molar-refractivity contribution in [2.75, 3.05) is 0 Å². The zero-order chi connectivity index (χ0) is 19.0. The quantitative estimate of drug-likeness (QED) is 0.479. The van der Waals surface area contributed by atoms with Crippen molar-refractivity contribution >= 4 is 25.9 Å². The van der Waals surface area contributed by atoms with Gasteiger partial charge in [0.2, 0.25) is 0 Å². The Morgan fingerprint density at radius 1 is 0.917 bits per heavy atom. The Kier molecular flexibility index (Phi) is 5.25. The number of benzene rings is 1. The number of nitrogens with one attached hydrogen (secondary N) is 1. The maximum atomic E-state index is 12.4. The highest BCUT2D eigenvalue weighted by molar-refractivity contribution is 7.92. The van der Waals surface area contributed by atoms with Gasteiger partial charge in [-0.15, -0.1) is 4.40 Å². The van der Waals surface area contributed by atoms with Gasteiger partial charge in [0, 0.05) is 5.56 Å². The Hall–Kier alpha value is -1.83. The smallest absolute Gasteiger partial charge is 0.259 e. The molecule has 0 spiro atoms. The summed E-state index contributed by atoms with van der Waals surface area (Å²) in [5.41, 5.74) is -11.9. The number of nitrogens with zero attached hydrogens (tertiary/aromatic N) is 1. The van der Waals surface area contributed by atoms with Gasteiger partial charge in [0.05, 0.1) is 0 Å². The Morgan fingerprint density at radius 2 is 1.38 bits per heavy atom. The summed E-state index contributed by atoms with van der Waals surface area (Å²) in [5.74, 6) is -1.63. The van der Waals surface area contributed by atoms with Gasteiger partial charge in [0.1, 0.15) is 0 Å². The Morgan fingerprint density at radius 3 is 1.75 bits per heavy atom. The van der Waals surface area contributed by atoms with E-state index in [9.17, 15) is 43.2 Å². The normalized spacial score (nSPS) is 14.5. The fraction of sp³-hybridized carbons (Fsp3) is 0.300. The van der Waals surface area contributed by atoms with Gasteiger partial charge in [-0.3, -0.25) is 4.72 Å². The molecule has 14 heteroatoms. The van der Waals surface area contributed by atoms with Crippen molar-refractivity contribution in [1.29, 1.82) is 0 Å². The lowest BCUT2D eigenvalue weighted by atomic mass is 10.1. The molecule has 0 fully saturated rings. The van der Waals surface area contributed by atoms with Gasteiger partial charge in [-0.25, -0.2) is 0 Å². The van der Waals surface area contributed by atoms with Crippen LogP contribution in [-0.4, -0.2) is 33.7 Å². The maximum absolute atomic E-state index is 12.4. The maximum Gasteiger partial charge on any atom is 0.518 e. The first-order chi connectivity index (χ1) is 10.6. The number of hydrogen-bond acceptors (Lipinski definition) is 4. The van der Waals surface area contributed by atoms with Crippen molar-refractivity contribution in [3.63, 3.8) is 0 Å². The molecule has 0 bridgehead atoms. The molecule has 1 aromatic rings. The van der Waals surface area contributed by atoms with Gasteiger partial charge in [-0.1, -0.05) is 29.8 Å². The molecule has 6 nitrogen and oxygen atoms in total. The summed E-state index contributed by atoms with van der Waals surface area (Å²) in [5, 5.41) is 0. The first-order valence-electron chi connectivity index (χ1n) is 5.64. The Labute approximate surface area is 132 Å². The van der Waals surface area contributed by atoms with Crippen LogP contribution in [0.1, 0.15) is 11.1 Å². The molecule has 1 rings (SSSR count). The van der Waals surface area contributed by atoms with E-state index in [1.807, 2.05) is 0 Å². The van der Waals surface area contributed by atoms with Crippen LogP contribution in [0.4, 0.5) is 26.3 Å². The minimum atomic E-state index is -6.28. The molecule has 0 aliphatic heterocycles. The fourth-order valence-electron chi connectivity index (χ4n) is 1.20. The predicted octanol–water partition coefficient (Wildman–Crippen LogP) is 2.03. The van der Waals surface area contributed by atoms with Crippen molar-refractivity contribution in [3.8, 4) is 0 Å². The number of rotatable bonds is 3. The van der Waals surface area contributed by atoms with Gasteiger partial charge in [-0.05, 0) is 6.92 Å². The van der Waals surface area contributed by atoms with E-state index in [-0.39, 0.29) is 0 Å². The summed E-state index contributed by atoms with van der Waals surface area (Å²) in [7, 11) is -12.5. The highest BCUT2D eigenvalue weighted by Crippen LogP contribution is 2.26. The minimum absolute atomic E-state index is 0.524.